The fourth-order valence-corrected chi connectivity index (χ4v) is 3.68. The molecule has 1 aliphatic rings. The van der Waals surface area contributed by atoms with E-state index >= 15 is 0 Å². The zero-order valence-electron chi connectivity index (χ0n) is 19.2. The van der Waals surface area contributed by atoms with Crippen LogP contribution in [0.1, 0.15) is 41.2 Å². The van der Waals surface area contributed by atoms with Gasteiger partial charge in [0, 0.05) is 19.6 Å². The van der Waals surface area contributed by atoms with E-state index in [-0.39, 0.29) is 6.10 Å². The van der Waals surface area contributed by atoms with E-state index < -0.39 is 18.0 Å². The summed E-state index contributed by atoms with van der Waals surface area (Å²) >= 11 is 0. The number of hydrogen-bond donors (Lipinski definition) is 4. The van der Waals surface area contributed by atoms with Gasteiger partial charge in [-0.3, -0.25) is 0 Å². The van der Waals surface area contributed by atoms with Crippen molar-refractivity contribution in [1.29, 1.82) is 0 Å². The maximum absolute atomic E-state index is 10.3. The van der Waals surface area contributed by atoms with Crippen molar-refractivity contribution in [3.8, 4) is 0 Å². The number of aliphatic hydroxyl groups excluding tert-OH is 1. The molecule has 0 fully saturated rings. The average Bonchev–Trinajstić information content (AvgIpc) is 2.79. The smallest absolute Gasteiger partial charge is 0.414 e. The molecule has 0 amide bonds. The summed E-state index contributed by atoms with van der Waals surface area (Å²) in [6.45, 7) is 2.61. The van der Waals surface area contributed by atoms with Gasteiger partial charge in [0.2, 0.25) is 0 Å². The number of ether oxygens (including phenoxy) is 1. The Balaban J connectivity index is 0.000000569. The molecule has 0 saturated carbocycles. The minimum absolute atomic E-state index is 0.119. The molecule has 0 saturated heterocycles. The van der Waals surface area contributed by atoms with Crippen LogP contribution in [0.3, 0.4) is 0 Å². The summed E-state index contributed by atoms with van der Waals surface area (Å²) in [5, 5.41) is 28.4. The highest BCUT2D eigenvalue weighted by molar-refractivity contribution is 6.27. The van der Waals surface area contributed by atoms with E-state index in [2.05, 4.69) is 72.8 Å². The minimum atomic E-state index is -1.82. The van der Waals surface area contributed by atoms with E-state index in [1.807, 2.05) is 0 Å². The summed E-state index contributed by atoms with van der Waals surface area (Å²) in [5.41, 5.74) is 5.22. The summed E-state index contributed by atoms with van der Waals surface area (Å²) in [5.74, 6) is -3.65. The van der Waals surface area contributed by atoms with Crippen LogP contribution in [-0.2, 0) is 33.8 Å². The molecule has 33 heavy (non-hydrogen) atoms. The number of nitrogens with zero attached hydrogens (tertiary/aromatic N) is 1. The lowest BCUT2D eigenvalue weighted by atomic mass is 9.89. The average molecular weight is 459 g/mol. The first kappa shape index (κ1) is 26.5. The quantitative estimate of drug-likeness (QED) is 0.423. The van der Waals surface area contributed by atoms with Gasteiger partial charge in [-0.2, -0.15) is 0 Å². The summed E-state index contributed by atoms with van der Waals surface area (Å²) in [6.07, 6.45) is 2.95. The number of aliphatic hydroxyl groups is 1. The molecule has 0 bridgehead atoms. The molecule has 4 N–H and O–H groups in total. The number of carboxylic acids is 2. The monoisotopic (exact) mass is 458 g/mol. The summed E-state index contributed by atoms with van der Waals surface area (Å²) in [4.78, 5) is 20.4. The molecule has 8 nitrogen and oxygen atoms in total. The molecular formula is C25H34N2O6. The third-order valence-electron chi connectivity index (χ3n) is 5.22. The largest absolute Gasteiger partial charge is 0.473 e. The second-order valence-corrected chi connectivity index (χ2v) is 8.36. The number of hydrogen-bond acceptors (Lipinski definition) is 6. The molecule has 1 aliphatic carbocycles. The number of fused-ring (bicyclic) bond motifs is 1. The predicted octanol–water partition coefficient (Wildman–Crippen LogP) is 2.45. The fraction of sp³-hybridized carbons (Fsp3) is 0.440. The van der Waals surface area contributed by atoms with Crippen LogP contribution < -0.4 is 5.32 Å². The highest BCUT2D eigenvalue weighted by Crippen LogP contribution is 2.32. The number of aryl methyl sites for hydroxylation is 1. The number of carbonyl (C=O) groups is 2. The van der Waals surface area contributed by atoms with Gasteiger partial charge >= 0.3 is 11.9 Å². The number of benzene rings is 2. The van der Waals surface area contributed by atoms with E-state index in [0.717, 1.165) is 32.4 Å². The van der Waals surface area contributed by atoms with Crippen LogP contribution in [0.2, 0.25) is 0 Å². The fourth-order valence-electron chi connectivity index (χ4n) is 3.68. The highest BCUT2D eigenvalue weighted by Gasteiger charge is 2.21. The molecule has 0 heterocycles. The van der Waals surface area contributed by atoms with E-state index in [1.54, 1.807) is 0 Å². The Hall–Kier alpha value is -2.78. The van der Waals surface area contributed by atoms with Gasteiger partial charge in [-0.15, -0.1) is 0 Å². The van der Waals surface area contributed by atoms with E-state index in [0.29, 0.717) is 13.2 Å². The van der Waals surface area contributed by atoms with Gasteiger partial charge in [-0.05, 0) is 55.6 Å². The maximum atomic E-state index is 10.3. The molecule has 0 aromatic heterocycles. The molecule has 2 aromatic carbocycles. The molecule has 2 atom stereocenters. The summed E-state index contributed by atoms with van der Waals surface area (Å²) in [7, 11) is 4.15. The Labute approximate surface area is 194 Å². The number of aliphatic carboxylic acids is 2. The van der Waals surface area contributed by atoms with Crippen LogP contribution in [0.5, 0.6) is 0 Å². The van der Waals surface area contributed by atoms with Gasteiger partial charge < -0.3 is 30.3 Å². The van der Waals surface area contributed by atoms with Gasteiger partial charge in [0.25, 0.3) is 0 Å². The van der Waals surface area contributed by atoms with E-state index in [4.69, 9.17) is 24.5 Å². The van der Waals surface area contributed by atoms with Crippen LogP contribution in [0.25, 0.3) is 0 Å². The standard InChI is InChI=1S/C23H32N2O2.C2H2O4/c1-25(2)16-19-12-10-18(11-13-19)14-24-15-21(26)17-27-23-9-5-7-20-6-3-4-8-22(20)23;3-1(4)2(5)6/h3-4,6,8,10-13,21,23-24,26H,5,7,9,14-17H2,1-2H3;(H,3,4)(H,5,6). The lowest BCUT2D eigenvalue weighted by Crippen LogP contribution is -2.31. The van der Waals surface area contributed by atoms with E-state index in [1.165, 1.54) is 22.3 Å². The van der Waals surface area contributed by atoms with Crippen molar-refractivity contribution in [1.82, 2.24) is 10.2 Å². The Morgan fingerprint density at radius 1 is 1.06 bits per heavy atom. The van der Waals surface area contributed by atoms with Gasteiger partial charge in [-0.1, -0.05) is 48.5 Å². The zero-order valence-corrected chi connectivity index (χ0v) is 19.2. The van der Waals surface area contributed by atoms with E-state index in [9.17, 15) is 5.11 Å². The van der Waals surface area contributed by atoms with Crippen molar-refractivity contribution in [2.75, 3.05) is 27.2 Å². The van der Waals surface area contributed by atoms with Crippen LogP contribution in [0.4, 0.5) is 0 Å². The second-order valence-electron chi connectivity index (χ2n) is 8.36. The van der Waals surface area contributed by atoms with Crippen LogP contribution >= 0.6 is 0 Å². The molecular weight excluding hydrogens is 424 g/mol. The van der Waals surface area contributed by atoms with Crippen LogP contribution in [0, 0.1) is 0 Å². The maximum Gasteiger partial charge on any atom is 0.414 e. The Bertz CT molecular complexity index is 873. The number of carboxylic acid groups (broad SMARTS) is 2. The van der Waals surface area contributed by atoms with Crippen molar-refractivity contribution >= 4 is 11.9 Å². The van der Waals surface area contributed by atoms with Gasteiger partial charge in [0.05, 0.1) is 18.8 Å². The topological polar surface area (TPSA) is 119 Å². The first-order valence-corrected chi connectivity index (χ1v) is 11.0. The SMILES string of the molecule is CN(C)Cc1ccc(CNCC(O)COC2CCCc3ccccc32)cc1.O=C(O)C(=O)O. The van der Waals surface area contributed by atoms with Crippen LogP contribution in [-0.4, -0.2) is 65.5 Å². The minimum Gasteiger partial charge on any atom is -0.473 e. The van der Waals surface area contributed by atoms with Gasteiger partial charge in [0.1, 0.15) is 0 Å². The number of rotatable bonds is 9. The third-order valence-corrected chi connectivity index (χ3v) is 5.22. The lowest BCUT2D eigenvalue weighted by molar-refractivity contribution is -0.159. The third kappa shape index (κ3) is 9.71. The molecule has 8 heteroatoms. The Kier molecular flexibility index (Phi) is 11.0. The van der Waals surface area contributed by atoms with Gasteiger partial charge in [0.15, 0.2) is 0 Å². The summed E-state index contributed by atoms with van der Waals surface area (Å²) in [6, 6.07) is 17.1. The summed E-state index contributed by atoms with van der Waals surface area (Å²) < 4.78 is 6.03. The highest BCUT2D eigenvalue weighted by atomic mass is 16.5. The first-order chi connectivity index (χ1) is 15.8. The van der Waals surface area contributed by atoms with Crippen LogP contribution in [0.15, 0.2) is 48.5 Å². The molecule has 3 rings (SSSR count). The first-order valence-electron chi connectivity index (χ1n) is 11.0. The lowest BCUT2D eigenvalue weighted by Gasteiger charge is -2.26. The molecule has 0 spiro atoms. The predicted molar refractivity (Wildman–Crippen MR) is 125 cm³/mol. The second kappa shape index (κ2) is 13.7. The molecule has 0 aliphatic heterocycles. The normalized spacial score (nSPS) is 15.8. The molecule has 2 unspecified atom stereocenters. The van der Waals surface area contributed by atoms with Crippen molar-refractivity contribution in [3.05, 3.63) is 70.8 Å². The molecule has 180 valence electrons. The Morgan fingerprint density at radius 3 is 2.33 bits per heavy atom. The van der Waals surface area contributed by atoms with Crippen molar-refractivity contribution in [3.63, 3.8) is 0 Å². The van der Waals surface area contributed by atoms with Crippen molar-refractivity contribution < 1.29 is 29.6 Å². The zero-order chi connectivity index (χ0) is 24.2. The Morgan fingerprint density at radius 2 is 1.70 bits per heavy atom. The number of nitrogens with one attached hydrogen (secondary N) is 1. The van der Waals surface area contributed by atoms with Gasteiger partial charge in [-0.25, -0.2) is 9.59 Å². The molecule has 2 aromatic rings. The van der Waals surface area contributed by atoms with Crippen molar-refractivity contribution in [2.45, 2.75) is 44.6 Å². The van der Waals surface area contributed by atoms with Crippen molar-refractivity contribution in [2.24, 2.45) is 0 Å². The molecule has 0 radical (unpaired) electrons.